The van der Waals surface area contributed by atoms with Gasteiger partial charge in [-0.2, -0.15) is 0 Å². The molecule has 0 fully saturated rings. The molecule has 19 heavy (non-hydrogen) atoms. The second-order valence-electron chi connectivity index (χ2n) is 4.92. The average molecular weight is 255 g/mol. The van der Waals surface area contributed by atoms with Crippen LogP contribution in [0.25, 0.3) is 11.4 Å². The Labute approximate surface area is 115 Å². The smallest absolute Gasteiger partial charge is 0.162 e. The molecule has 0 aliphatic heterocycles. The van der Waals surface area contributed by atoms with Crippen molar-refractivity contribution in [2.45, 2.75) is 33.1 Å². The molecule has 100 valence electrons. The van der Waals surface area contributed by atoms with Crippen LogP contribution in [-0.2, 0) is 6.42 Å². The van der Waals surface area contributed by atoms with Crippen molar-refractivity contribution in [2.24, 2.45) is 0 Å². The predicted molar refractivity (Wildman–Crippen MR) is 80.5 cm³/mol. The molecule has 0 spiro atoms. The highest BCUT2D eigenvalue weighted by Crippen LogP contribution is 2.24. The van der Waals surface area contributed by atoms with Gasteiger partial charge in [0, 0.05) is 24.4 Å². The maximum Gasteiger partial charge on any atom is 0.162 e. The van der Waals surface area contributed by atoms with E-state index in [2.05, 4.69) is 49.3 Å². The van der Waals surface area contributed by atoms with Crippen molar-refractivity contribution in [1.82, 2.24) is 9.97 Å². The molecule has 0 saturated carbocycles. The first-order valence-electron chi connectivity index (χ1n) is 6.80. The van der Waals surface area contributed by atoms with Gasteiger partial charge < -0.3 is 5.32 Å². The summed E-state index contributed by atoms with van der Waals surface area (Å²) in [6, 6.07) is 10.4. The summed E-state index contributed by atoms with van der Waals surface area (Å²) in [6.45, 7) is 6.46. The lowest BCUT2D eigenvalue weighted by Crippen LogP contribution is -2.03. The zero-order valence-electron chi connectivity index (χ0n) is 12.1. The number of benzene rings is 1. The van der Waals surface area contributed by atoms with Crippen LogP contribution in [0.2, 0.25) is 0 Å². The van der Waals surface area contributed by atoms with Gasteiger partial charge in [-0.05, 0) is 17.9 Å². The Balaban J connectivity index is 2.57. The number of anilines is 1. The fraction of sp³-hybridized carbons (Fsp3) is 0.375. The van der Waals surface area contributed by atoms with Gasteiger partial charge in [0.25, 0.3) is 0 Å². The topological polar surface area (TPSA) is 37.8 Å². The normalized spacial score (nSPS) is 10.8. The van der Waals surface area contributed by atoms with Crippen LogP contribution in [-0.4, -0.2) is 17.0 Å². The first-order chi connectivity index (χ1) is 9.15. The van der Waals surface area contributed by atoms with Gasteiger partial charge in [0.2, 0.25) is 0 Å². The van der Waals surface area contributed by atoms with E-state index in [1.165, 1.54) is 5.56 Å². The van der Waals surface area contributed by atoms with Gasteiger partial charge in [0.15, 0.2) is 5.82 Å². The van der Waals surface area contributed by atoms with Gasteiger partial charge in [-0.25, -0.2) is 9.97 Å². The second kappa shape index (κ2) is 5.83. The number of nitrogens with one attached hydrogen (secondary N) is 1. The molecule has 0 aliphatic carbocycles. The Morgan fingerprint density at radius 2 is 1.89 bits per heavy atom. The van der Waals surface area contributed by atoms with E-state index in [1.807, 2.05) is 19.2 Å². The lowest BCUT2D eigenvalue weighted by atomic mass is 10.0. The monoisotopic (exact) mass is 255 g/mol. The van der Waals surface area contributed by atoms with Crippen molar-refractivity contribution in [1.29, 1.82) is 0 Å². The lowest BCUT2D eigenvalue weighted by molar-refractivity contribution is 0.817. The zero-order valence-corrected chi connectivity index (χ0v) is 12.1. The number of rotatable bonds is 4. The Hall–Kier alpha value is -1.90. The number of hydrogen-bond acceptors (Lipinski definition) is 3. The van der Waals surface area contributed by atoms with Crippen LogP contribution in [0.3, 0.4) is 0 Å². The van der Waals surface area contributed by atoms with Gasteiger partial charge >= 0.3 is 0 Å². The third-order valence-corrected chi connectivity index (χ3v) is 3.23. The molecule has 3 nitrogen and oxygen atoms in total. The molecule has 1 aromatic heterocycles. The summed E-state index contributed by atoms with van der Waals surface area (Å²) in [5.74, 6) is 2.08. The van der Waals surface area contributed by atoms with E-state index in [1.54, 1.807) is 0 Å². The first-order valence-corrected chi connectivity index (χ1v) is 6.80. The van der Waals surface area contributed by atoms with Gasteiger partial charge in [-0.15, -0.1) is 0 Å². The Morgan fingerprint density at radius 1 is 1.16 bits per heavy atom. The van der Waals surface area contributed by atoms with Crippen molar-refractivity contribution in [2.75, 3.05) is 12.4 Å². The SMILES string of the molecule is CCc1ccccc1-c1nc(NC)cc(C(C)C)n1. The van der Waals surface area contributed by atoms with Crippen LogP contribution < -0.4 is 5.32 Å². The van der Waals surface area contributed by atoms with Crippen molar-refractivity contribution >= 4 is 5.82 Å². The summed E-state index contributed by atoms with van der Waals surface area (Å²) in [7, 11) is 1.89. The zero-order chi connectivity index (χ0) is 13.8. The number of aryl methyl sites for hydroxylation is 1. The van der Waals surface area contributed by atoms with E-state index in [-0.39, 0.29) is 0 Å². The van der Waals surface area contributed by atoms with E-state index in [0.29, 0.717) is 5.92 Å². The second-order valence-corrected chi connectivity index (χ2v) is 4.92. The molecule has 2 aromatic rings. The van der Waals surface area contributed by atoms with Crippen molar-refractivity contribution in [3.8, 4) is 11.4 Å². The van der Waals surface area contributed by atoms with Crippen LogP contribution in [0.1, 0.15) is 37.9 Å². The van der Waals surface area contributed by atoms with Gasteiger partial charge in [0.05, 0.1) is 0 Å². The summed E-state index contributed by atoms with van der Waals surface area (Å²) in [5.41, 5.74) is 3.48. The maximum atomic E-state index is 4.71. The molecule has 0 unspecified atom stereocenters. The van der Waals surface area contributed by atoms with Crippen molar-refractivity contribution in [3.63, 3.8) is 0 Å². The summed E-state index contributed by atoms with van der Waals surface area (Å²) in [6.07, 6.45) is 0.986. The Bertz CT molecular complexity index is 562. The maximum absolute atomic E-state index is 4.71. The van der Waals surface area contributed by atoms with Gasteiger partial charge in [-0.1, -0.05) is 45.0 Å². The van der Waals surface area contributed by atoms with Crippen molar-refractivity contribution in [3.05, 3.63) is 41.6 Å². The molecule has 2 rings (SSSR count). The number of aromatic nitrogens is 2. The van der Waals surface area contributed by atoms with Gasteiger partial charge in [0.1, 0.15) is 5.82 Å². The molecule has 3 heteroatoms. The Morgan fingerprint density at radius 3 is 2.53 bits per heavy atom. The molecule has 1 N–H and O–H groups in total. The van der Waals surface area contributed by atoms with Crippen molar-refractivity contribution < 1.29 is 0 Å². The van der Waals surface area contributed by atoms with E-state index < -0.39 is 0 Å². The highest BCUT2D eigenvalue weighted by molar-refractivity contribution is 5.62. The van der Waals surface area contributed by atoms with Crippen LogP contribution >= 0.6 is 0 Å². The largest absolute Gasteiger partial charge is 0.373 e. The van der Waals surface area contributed by atoms with Crippen LogP contribution in [0, 0.1) is 0 Å². The summed E-state index contributed by atoms with van der Waals surface area (Å²) >= 11 is 0. The molecule has 0 bridgehead atoms. The first kappa shape index (κ1) is 13.5. The summed E-state index contributed by atoms with van der Waals surface area (Å²) < 4.78 is 0. The molecular weight excluding hydrogens is 234 g/mol. The Kier molecular flexibility index (Phi) is 4.15. The third-order valence-electron chi connectivity index (χ3n) is 3.23. The minimum absolute atomic E-state index is 0.391. The molecule has 1 aromatic carbocycles. The standard InChI is InChI=1S/C16H21N3/c1-5-12-8-6-7-9-13(12)16-18-14(11(2)3)10-15(17-4)19-16/h6-11H,5H2,1-4H3,(H,17,18,19). The van der Waals surface area contributed by atoms with E-state index in [4.69, 9.17) is 4.98 Å². The fourth-order valence-electron chi connectivity index (χ4n) is 2.06. The molecule has 0 aliphatic rings. The van der Waals surface area contributed by atoms with Crippen LogP contribution in [0.4, 0.5) is 5.82 Å². The molecule has 0 radical (unpaired) electrons. The highest BCUT2D eigenvalue weighted by atomic mass is 15.0. The lowest BCUT2D eigenvalue weighted by Gasteiger charge is -2.12. The summed E-state index contributed by atoms with van der Waals surface area (Å²) in [5, 5.41) is 3.12. The molecular formula is C16H21N3. The number of nitrogens with zero attached hydrogens (tertiary/aromatic N) is 2. The van der Waals surface area contributed by atoms with Gasteiger partial charge in [-0.3, -0.25) is 0 Å². The van der Waals surface area contributed by atoms with E-state index in [0.717, 1.165) is 29.3 Å². The highest BCUT2D eigenvalue weighted by Gasteiger charge is 2.11. The molecule has 0 amide bonds. The predicted octanol–water partition coefficient (Wildman–Crippen LogP) is 3.87. The minimum Gasteiger partial charge on any atom is -0.373 e. The molecule has 0 saturated heterocycles. The fourth-order valence-corrected chi connectivity index (χ4v) is 2.06. The quantitative estimate of drug-likeness (QED) is 0.901. The van der Waals surface area contributed by atoms with E-state index in [9.17, 15) is 0 Å². The average Bonchev–Trinajstić information content (AvgIpc) is 2.46. The minimum atomic E-state index is 0.391. The molecule has 1 heterocycles. The van der Waals surface area contributed by atoms with Crippen LogP contribution in [0.5, 0.6) is 0 Å². The molecule has 0 atom stereocenters. The van der Waals surface area contributed by atoms with Crippen LogP contribution in [0.15, 0.2) is 30.3 Å². The third kappa shape index (κ3) is 2.92. The number of hydrogen-bond donors (Lipinski definition) is 1. The van der Waals surface area contributed by atoms with E-state index >= 15 is 0 Å². The summed E-state index contributed by atoms with van der Waals surface area (Å²) in [4.78, 5) is 9.30.